The van der Waals surface area contributed by atoms with Gasteiger partial charge in [0.05, 0.1) is 17.9 Å². The van der Waals surface area contributed by atoms with E-state index >= 15 is 0 Å². The lowest BCUT2D eigenvalue weighted by molar-refractivity contribution is -0.140. The molecule has 1 heterocycles. The molecular weight excluding hydrogens is 290 g/mol. The van der Waals surface area contributed by atoms with Crippen molar-refractivity contribution in [1.29, 1.82) is 0 Å². The Hall–Kier alpha value is -1.25. The highest BCUT2D eigenvalue weighted by Gasteiger charge is 2.39. The first kappa shape index (κ1) is 14.2. The van der Waals surface area contributed by atoms with Crippen molar-refractivity contribution in [1.82, 2.24) is 4.31 Å². The maximum Gasteiger partial charge on any atom is 0.322 e. The number of hydrogen-bond donors (Lipinski definition) is 1. The average Bonchev–Trinajstić information content (AvgIpc) is 2.89. The monoisotopic (exact) mass is 303 g/mol. The van der Waals surface area contributed by atoms with Crippen LogP contribution in [-0.2, 0) is 14.8 Å². The van der Waals surface area contributed by atoms with Crippen molar-refractivity contribution in [2.75, 3.05) is 18.7 Å². The molecule has 1 unspecified atom stereocenters. The summed E-state index contributed by atoms with van der Waals surface area (Å²) >= 11 is 1.29. The van der Waals surface area contributed by atoms with Crippen LogP contribution in [0.1, 0.15) is 0 Å². The molecule has 1 aromatic rings. The zero-order valence-electron chi connectivity index (χ0n) is 10.1. The van der Waals surface area contributed by atoms with Gasteiger partial charge in [-0.05, 0) is 24.3 Å². The van der Waals surface area contributed by atoms with Crippen molar-refractivity contribution in [2.45, 2.75) is 10.9 Å². The van der Waals surface area contributed by atoms with E-state index in [4.69, 9.17) is 9.84 Å². The van der Waals surface area contributed by atoms with Gasteiger partial charge in [-0.3, -0.25) is 4.79 Å². The van der Waals surface area contributed by atoms with Crippen molar-refractivity contribution in [3.63, 3.8) is 0 Å². The number of thioether (sulfide) groups is 1. The number of carbonyl (C=O) groups is 1. The SMILES string of the molecule is COc1ccc(S(=O)(=O)N2CSCC2C(=O)O)cc1. The smallest absolute Gasteiger partial charge is 0.322 e. The van der Waals surface area contributed by atoms with Gasteiger partial charge in [-0.1, -0.05) is 0 Å². The second-order valence-electron chi connectivity index (χ2n) is 3.92. The molecule has 1 aliphatic heterocycles. The minimum atomic E-state index is -3.78. The van der Waals surface area contributed by atoms with E-state index in [2.05, 4.69) is 0 Å². The molecule has 0 radical (unpaired) electrons. The first-order valence-corrected chi connectivity index (χ1v) is 8.02. The van der Waals surface area contributed by atoms with E-state index in [0.29, 0.717) is 5.75 Å². The number of ether oxygens (including phenoxy) is 1. The van der Waals surface area contributed by atoms with Gasteiger partial charge in [0, 0.05) is 5.75 Å². The van der Waals surface area contributed by atoms with Crippen LogP contribution in [0.2, 0.25) is 0 Å². The molecule has 104 valence electrons. The summed E-state index contributed by atoms with van der Waals surface area (Å²) in [5, 5.41) is 9.04. The van der Waals surface area contributed by atoms with Crippen molar-refractivity contribution >= 4 is 27.8 Å². The highest BCUT2D eigenvalue weighted by molar-refractivity contribution is 8.00. The molecule has 6 nitrogen and oxygen atoms in total. The third kappa shape index (κ3) is 2.70. The zero-order chi connectivity index (χ0) is 14.0. The van der Waals surface area contributed by atoms with Crippen molar-refractivity contribution in [3.05, 3.63) is 24.3 Å². The maximum absolute atomic E-state index is 12.4. The molecule has 1 fully saturated rings. The second kappa shape index (κ2) is 5.40. The Morgan fingerprint density at radius 1 is 1.42 bits per heavy atom. The lowest BCUT2D eigenvalue weighted by Gasteiger charge is -2.20. The zero-order valence-corrected chi connectivity index (χ0v) is 11.8. The lowest BCUT2D eigenvalue weighted by Crippen LogP contribution is -2.41. The number of hydrogen-bond acceptors (Lipinski definition) is 5. The normalized spacial score (nSPS) is 20.4. The molecule has 1 N–H and O–H groups in total. The fourth-order valence-electron chi connectivity index (χ4n) is 1.74. The largest absolute Gasteiger partial charge is 0.497 e. The summed E-state index contributed by atoms with van der Waals surface area (Å²) in [7, 11) is -2.29. The average molecular weight is 303 g/mol. The van der Waals surface area contributed by atoms with Gasteiger partial charge in [-0.25, -0.2) is 8.42 Å². The Morgan fingerprint density at radius 2 is 2.05 bits per heavy atom. The van der Waals surface area contributed by atoms with Crippen LogP contribution in [0, 0.1) is 0 Å². The molecule has 0 amide bonds. The molecule has 1 atom stereocenters. The molecule has 1 aliphatic rings. The number of sulfonamides is 1. The van der Waals surface area contributed by atoms with Gasteiger partial charge in [0.2, 0.25) is 10.0 Å². The van der Waals surface area contributed by atoms with E-state index in [1.54, 1.807) is 0 Å². The van der Waals surface area contributed by atoms with Crippen LogP contribution in [0.5, 0.6) is 5.75 Å². The van der Waals surface area contributed by atoms with Gasteiger partial charge in [-0.15, -0.1) is 11.8 Å². The molecule has 0 aromatic heterocycles. The first-order chi connectivity index (χ1) is 8.96. The van der Waals surface area contributed by atoms with Crippen molar-refractivity contribution in [2.24, 2.45) is 0 Å². The quantitative estimate of drug-likeness (QED) is 0.887. The Kier molecular flexibility index (Phi) is 4.02. The minimum absolute atomic E-state index is 0.0713. The van der Waals surface area contributed by atoms with Crippen LogP contribution < -0.4 is 4.74 Å². The summed E-state index contributed by atoms with van der Waals surface area (Å²) in [5.41, 5.74) is 0. The molecule has 19 heavy (non-hydrogen) atoms. The highest BCUT2D eigenvalue weighted by Crippen LogP contribution is 2.29. The summed E-state index contributed by atoms with van der Waals surface area (Å²) in [5.74, 6) is -0.151. The summed E-state index contributed by atoms with van der Waals surface area (Å²) in [6.07, 6.45) is 0. The molecule has 8 heteroatoms. The fraction of sp³-hybridized carbons (Fsp3) is 0.364. The van der Waals surface area contributed by atoms with Crippen LogP contribution in [0.3, 0.4) is 0 Å². The molecule has 0 bridgehead atoms. The predicted octanol–water partition coefficient (Wildman–Crippen LogP) is 0.843. The summed E-state index contributed by atoms with van der Waals surface area (Å²) < 4.78 is 30.7. The van der Waals surface area contributed by atoms with Gasteiger partial charge in [0.25, 0.3) is 0 Å². The lowest BCUT2D eigenvalue weighted by atomic mass is 10.3. The van der Waals surface area contributed by atoms with E-state index in [9.17, 15) is 13.2 Å². The second-order valence-corrected chi connectivity index (χ2v) is 6.81. The van der Waals surface area contributed by atoms with E-state index in [-0.39, 0.29) is 16.5 Å². The summed E-state index contributed by atoms with van der Waals surface area (Å²) in [6, 6.07) is 4.89. The Morgan fingerprint density at radius 3 is 2.58 bits per heavy atom. The van der Waals surface area contributed by atoms with Crippen LogP contribution in [0.15, 0.2) is 29.2 Å². The van der Waals surface area contributed by atoms with Crippen molar-refractivity contribution < 1.29 is 23.1 Å². The van der Waals surface area contributed by atoms with E-state index < -0.39 is 22.0 Å². The van der Waals surface area contributed by atoms with Gasteiger partial charge >= 0.3 is 5.97 Å². The third-order valence-electron chi connectivity index (χ3n) is 2.79. The number of carboxylic acids is 1. The number of benzene rings is 1. The summed E-state index contributed by atoms with van der Waals surface area (Å²) in [4.78, 5) is 11.1. The molecule has 0 saturated carbocycles. The highest BCUT2D eigenvalue weighted by atomic mass is 32.2. The van der Waals surface area contributed by atoms with E-state index in [1.807, 2.05) is 0 Å². The number of carboxylic acid groups (broad SMARTS) is 1. The standard InChI is InChI=1S/C11H13NO5S2/c1-17-8-2-4-9(5-3-8)19(15,16)12-7-18-6-10(12)11(13)14/h2-5,10H,6-7H2,1H3,(H,13,14). The van der Waals surface area contributed by atoms with Crippen LogP contribution in [-0.4, -0.2) is 48.6 Å². The van der Waals surface area contributed by atoms with Gasteiger partial charge in [0.1, 0.15) is 11.8 Å². The van der Waals surface area contributed by atoms with Gasteiger partial charge in [-0.2, -0.15) is 4.31 Å². The Labute approximate surface area is 115 Å². The Balaban J connectivity index is 2.33. The molecule has 1 saturated heterocycles. The van der Waals surface area contributed by atoms with Gasteiger partial charge in [0.15, 0.2) is 0 Å². The molecule has 0 aliphatic carbocycles. The van der Waals surface area contributed by atoms with Crippen LogP contribution >= 0.6 is 11.8 Å². The molecule has 0 spiro atoms. The maximum atomic E-state index is 12.4. The number of rotatable bonds is 4. The number of aliphatic carboxylic acids is 1. The number of nitrogens with zero attached hydrogens (tertiary/aromatic N) is 1. The Bertz CT molecular complexity index is 569. The topological polar surface area (TPSA) is 83.9 Å². The first-order valence-electron chi connectivity index (χ1n) is 5.43. The fourth-order valence-corrected chi connectivity index (χ4v) is 4.88. The van der Waals surface area contributed by atoms with Gasteiger partial charge < -0.3 is 9.84 Å². The van der Waals surface area contributed by atoms with Crippen LogP contribution in [0.4, 0.5) is 0 Å². The molecule has 1 aromatic carbocycles. The molecular formula is C11H13NO5S2. The molecule has 2 rings (SSSR count). The number of methoxy groups -OCH3 is 1. The predicted molar refractivity (Wildman–Crippen MR) is 70.8 cm³/mol. The van der Waals surface area contributed by atoms with Crippen molar-refractivity contribution in [3.8, 4) is 5.75 Å². The summed E-state index contributed by atoms with van der Waals surface area (Å²) in [6.45, 7) is 0. The van der Waals surface area contributed by atoms with E-state index in [0.717, 1.165) is 4.31 Å². The third-order valence-corrected chi connectivity index (χ3v) is 5.84. The minimum Gasteiger partial charge on any atom is -0.497 e. The van der Waals surface area contributed by atoms with Crippen LogP contribution in [0.25, 0.3) is 0 Å². The van der Waals surface area contributed by atoms with E-state index in [1.165, 1.54) is 43.1 Å².